The predicted octanol–water partition coefficient (Wildman–Crippen LogP) is 2.57. The summed E-state index contributed by atoms with van der Waals surface area (Å²) >= 11 is 3.30. The van der Waals surface area contributed by atoms with Crippen molar-refractivity contribution in [3.8, 4) is 0 Å². The molecule has 1 amide bonds. The minimum absolute atomic E-state index is 0.275. The maximum Gasteiger partial charge on any atom is 0.255 e. The standard InChI is InChI=1S/C13H13BrN4O/c1-7-2-11(6-17-12(7)14)18-13(19)8-3-9(15)5-10(16)4-8/h2-6H,15-16H2,1H3,(H,18,19). The van der Waals surface area contributed by atoms with E-state index in [9.17, 15) is 4.79 Å². The molecule has 5 N–H and O–H groups in total. The van der Waals surface area contributed by atoms with E-state index >= 15 is 0 Å². The third-order valence-electron chi connectivity index (χ3n) is 2.51. The Bertz CT molecular complexity index is 622. The SMILES string of the molecule is Cc1cc(NC(=O)c2cc(N)cc(N)c2)cnc1Br. The summed E-state index contributed by atoms with van der Waals surface area (Å²) in [5, 5.41) is 2.75. The van der Waals surface area contributed by atoms with Crippen molar-refractivity contribution >= 4 is 38.9 Å². The molecule has 0 saturated heterocycles. The highest BCUT2D eigenvalue weighted by atomic mass is 79.9. The maximum atomic E-state index is 12.1. The number of aryl methyl sites for hydroxylation is 1. The van der Waals surface area contributed by atoms with Crippen molar-refractivity contribution in [1.29, 1.82) is 0 Å². The zero-order valence-corrected chi connectivity index (χ0v) is 11.9. The molecule has 0 unspecified atom stereocenters. The van der Waals surface area contributed by atoms with E-state index in [-0.39, 0.29) is 5.91 Å². The Labute approximate surface area is 119 Å². The van der Waals surface area contributed by atoms with Gasteiger partial charge in [0.15, 0.2) is 0 Å². The van der Waals surface area contributed by atoms with Crippen molar-refractivity contribution in [3.05, 3.63) is 46.2 Å². The Morgan fingerprint density at radius 3 is 2.42 bits per heavy atom. The molecule has 19 heavy (non-hydrogen) atoms. The minimum atomic E-state index is -0.275. The second-order valence-electron chi connectivity index (χ2n) is 4.17. The first-order chi connectivity index (χ1) is 8.95. The smallest absolute Gasteiger partial charge is 0.255 e. The number of nitrogen functional groups attached to an aromatic ring is 2. The average Bonchev–Trinajstić information content (AvgIpc) is 2.32. The van der Waals surface area contributed by atoms with Crippen LogP contribution in [0.1, 0.15) is 15.9 Å². The number of nitrogens with zero attached hydrogens (tertiary/aromatic N) is 1. The first-order valence-corrected chi connectivity index (χ1v) is 6.34. The lowest BCUT2D eigenvalue weighted by atomic mass is 10.1. The largest absolute Gasteiger partial charge is 0.399 e. The third-order valence-corrected chi connectivity index (χ3v) is 3.34. The Morgan fingerprint density at radius 2 is 1.84 bits per heavy atom. The fourth-order valence-corrected chi connectivity index (χ4v) is 1.85. The number of hydrogen-bond donors (Lipinski definition) is 3. The van der Waals surface area contributed by atoms with Crippen LogP contribution >= 0.6 is 15.9 Å². The summed E-state index contributed by atoms with van der Waals surface area (Å²) in [4.78, 5) is 16.2. The zero-order chi connectivity index (χ0) is 14.0. The summed E-state index contributed by atoms with van der Waals surface area (Å²) in [6.07, 6.45) is 1.57. The van der Waals surface area contributed by atoms with E-state index in [0.29, 0.717) is 22.6 Å². The number of anilines is 3. The molecule has 98 valence electrons. The fourth-order valence-electron chi connectivity index (χ4n) is 1.64. The molecule has 0 saturated carbocycles. The van der Waals surface area contributed by atoms with Gasteiger partial charge in [-0.25, -0.2) is 4.98 Å². The molecule has 2 aromatic rings. The van der Waals surface area contributed by atoms with Gasteiger partial charge >= 0.3 is 0 Å². The van der Waals surface area contributed by atoms with Crippen LogP contribution in [0.5, 0.6) is 0 Å². The van der Waals surface area contributed by atoms with Gasteiger partial charge in [0.05, 0.1) is 11.9 Å². The van der Waals surface area contributed by atoms with E-state index in [4.69, 9.17) is 11.5 Å². The van der Waals surface area contributed by atoms with Crippen molar-refractivity contribution in [3.63, 3.8) is 0 Å². The van der Waals surface area contributed by atoms with Crippen LogP contribution in [-0.2, 0) is 0 Å². The molecular formula is C13H13BrN4O. The second-order valence-corrected chi connectivity index (χ2v) is 4.93. The van der Waals surface area contributed by atoms with Gasteiger partial charge in [0.2, 0.25) is 0 Å². The molecule has 6 heteroatoms. The van der Waals surface area contributed by atoms with Crippen molar-refractivity contribution in [1.82, 2.24) is 4.98 Å². The number of halogens is 1. The lowest BCUT2D eigenvalue weighted by Crippen LogP contribution is -2.13. The highest BCUT2D eigenvalue weighted by Crippen LogP contribution is 2.19. The highest BCUT2D eigenvalue weighted by Gasteiger charge is 2.08. The first-order valence-electron chi connectivity index (χ1n) is 5.55. The van der Waals surface area contributed by atoms with Crippen LogP contribution in [0.4, 0.5) is 17.1 Å². The van der Waals surface area contributed by atoms with Gasteiger partial charge in [-0.15, -0.1) is 0 Å². The summed E-state index contributed by atoms with van der Waals surface area (Å²) in [7, 11) is 0. The van der Waals surface area contributed by atoms with Gasteiger partial charge in [-0.3, -0.25) is 4.79 Å². The number of carbonyl (C=O) groups excluding carboxylic acids is 1. The predicted molar refractivity (Wildman–Crippen MR) is 79.9 cm³/mol. The number of hydrogen-bond acceptors (Lipinski definition) is 4. The summed E-state index contributed by atoms with van der Waals surface area (Å²) in [5.41, 5.74) is 14.2. The van der Waals surface area contributed by atoms with Gasteiger partial charge in [-0.2, -0.15) is 0 Å². The Morgan fingerprint density at radius 1 is 1.21 bits per heavy atom. The molecule has 5 nitrogen and oxygen atoms in total. The van der Waals surface area contributed by atoms with E-state index in [0.717, 1.165) is 10.2 Å². The lowest BCUT2D eigenvalue weighted by molar-refractivity contribution is 0.102. The molecule has 0 spiro atoms. The molecule has 0 aliphatic rings. The molecule has 0 fully saturated rings. The van der Waals surface area contributed by atoms with Crippen molar-refractivity contribution < 1.29 is 4.79 Å². The average molecular weight is 321 g/mol. The summed E-state index contributed by atoms with van der Waals surface area (Å²) in [6, 6.07) is 6.57. The van der Waals surface area contributed by atoms with E-state index < -0.39 is 0 Å². The number of nitrogens with two attached hydrogens (primary N) is 2. The fraction of sp³-hybridized carbons (Fsp3) is 0.0769. The third kappa shape index (κ3) is 3.23. The van der Waals surface area contributed by atoms with Gasteiger partial charge in [-0.05, 0) is 52.7 Å². The van der Waals surface area contributed by atoms with Gasteiger partial charge in [-0.1, -0.05) is 0 Å². The molecule has 1 heterocycles. The van der Waals surface area contributed by atoms with E-state index in [1.54, 1.807) is 24.4 Å². The molecule has 0 radical (unpaired) electrons. The molecule has 0 aliphatic carbocycles. The molecule has 0 aliphatic heterocycles. The van der Waals surface area contributed by atoms with Crippen molar-refractivity contribution in [2.45, 2.75) is 6.92 Å². The number of pyridine rings is 1. The Balaban J connectivity index is 2.22. The number of rotatable bonds is 2. The number of amides is 1. The van der Waals surface area contributed by atoms with Gasteiger partial charge in [0.1, 0.15) is 4.60 Å². The van der Waals surface area contributed by atoms with E-state index in [2.05, 4.69) is 26.2 Å². The topological polar surface area (TPSA) is 94.0 Å². The van der Waals surface area contributed by atoms with E-state index in [1.165, 1.54) is 0 Å². The van der Waals surface area contributed by atoms with Crippen LogP contribution in [0.25, 0.3) is 0 Å². The second kappa shape index (κ2) is 5.27. The monoisotopic (exact) mass is 320 g/mol. The van der Waals surface area contributed by atoms with Crippen LogP contribution in [0.15, 0.2) is 35.1 Å². The molecule has 0 bridgehead atoms. The Kier molecular flexibility index (Phi) is 3.71. The normalized spacial score (nSPS) is 10.2. The van der Waals surface area contributed by atoms with Crippen LogP contribution in [-0.4, -0.2) is 10.9 Å². The van der Waals surface area contributed by atoms with Crippen LogP contribution in [0.3, 0.4) is 0 Å². The van der Waals surface area contributed by atoms with E-state index in [1.807, 2.05) is 13.0 Å². The van der Waals surface area contributed by atoms with Crippen molar-refractivity contribution in [2.24, 2.45) is 0 Å². The number of carbonyl (C=O) groups is 1. The minimum Gasteiger partial charge on any atom is -0.399 e. The van der Waals surface area contributed by atoms with Gasteiger partial charge in [0.25, 0.3) is 5.91 Å². The quantitative estimate of drug-likeness (QED) is 0.585. The highest BCUT2D eigenvalue weighted by molar-refractivity contribution is 9.10. The van der Waals surface area contributed by atoms with Gasteiger partial charge < -0.3 is 16.8 Å². The molecule has 1 aromatic carbocycles. The number of nitrogens with one attached hydrogen (secondary N) is 1. The lowest BCUT2D eigenvalue weighted by Gasteiger charge is -2.08. The molecule has 0 atom stereocenters. The Hall–Kier alpha value is -2.08. The molecular weight excluding hydrogens is 308 g/mol. The molecule has 2 rings (SSSR count). The van der Waals surface area contributed by atoms with Crippen LogP contribution in [0.2, 0.25) is 0 Å². The maximum absolute atomic E-state index is 12.1. The zero-order valence-electron chi connectivity index (χ0n) is 10.3. The number of benzene rings is 1. The summed E-state index contributed by atoms with van der Waals surface area (Å²) in [6.45, 7) is 1.89. The summed E-state index contributed by atoms with van der Waals surface area (Å²) < 4.78 is 0.749. The van der Waals surface area contributed by atoms with Gasteiger partial charge in [0, 0.05) is 16.9 Å². The number of aromatic nitrogens is 1. The van der Waals surface area contributed by atoms with Crippen LogP contribution < -0.4 is 16.8 Å². The van der Waals surface area contributed by atoms with Crippen molar-refractivity contribution in [2.75, 3.05) is 16.8 Å². The van der Waals surface area contributed by atoms with Crippen LogP contribution in [0, 0.1) is 6.92 Å². The summed E-state index contributed by atoms with van der Waals surface area (Å²) in [5.74, 6) is -0.275. The first kappa shape index (κ1) is 13.4. The molecule has 1 aromatic heterocycles.